The van der Waals surface area contributed by atoms with Gasteiger partial charge in [0, 0.05) is 16.4 Å². The lowest BCUT2D eigenvalue weighted by Gasteiger charge is -2.21. The van der Waals surface area contributed by atoms with Crippen molar-refractivity contribution in [2.75, 3.05) is 0 Å². The van der Waals surface area contributed by atoms with Crippen LogP contribution in [-0.4, -0.2) is 5.78 Å². The lowest BCUT2D eigenvalue weighted by atomic mass is 9.90. The summed E-state index contributed by atoms with van der Waals surface area (Å²) < 4.78 is 5.48. The van der Waals surface area contributed by atoms with Crippen LogP contribution in [0.1, 0.15) is 26.7 Å². The Hall–Kier alpha value is -2.38. The highest BCUT2D eigenvalue weighted by Gasteiger charge is 2.23. The number of nitrogens with zero attached hydrogens (tertiary/aromatic N) is 1. The third-order valence-electron chi connectivity index (χ3n) is 3.29. The van der Waals surface area contributed by atoms with E-state index in [0.717, 1.165) is 12.0 Å². The number of thiophene rings is 1. The number of rotatable bonds is 3. The summed E-state index contributed by atoms with van der Waals surface area (Å²) >= 11 is 1.71. The first-order valence-corrected chi connectivity index (χ1v) is 7.10. The summed E-state index contributed by atoms with van der Waals surface area (Å²) in [5, 5.41) is 10.8. The molecule has 1 aromatic heterocycles. The van der Waals surface area contributed by atoms with Crippen LogP contribution in [0.25, 0.3) is 0 Å². The molecule has 0 spiro atoms. The van der Waals surface area contributed by atoms with Gasteiger partial charge in [0.05, 0.1) is 11.8 Å². The van der Waals surface area contributed by atoms with E-state index in [0.29, 0.717) is 11.3 Å². The van der Waals surface area contributed by atoms with Gasteiger partial charge >= 0.3 is 0 Å². The van der Waals surface area contributed by atoms with Crippen LogP contribution in [0.15, 0.2) is 48.0 Å². The molecule has 3 rings (SSSR count). The maximum absolute atomic E-state index is 11.6. The number of ether oxygens (including phenoxy) is 1. The molecule has 1 aromatic carbocycles. The molecule has 98 valence electrons. The van der Waals surface area contributed by atoms with Gasteiger partial charge in [-0.1, -0.05) is 18.2 Å². The Bertz CT molecular complexity index is 711. The fraction of sp³-hybridized carbons (Fsp3) is 0.125. The molecule has 0 aliphatic carbocycles. The van der Waals surface area contributed by atoms with Gasteiger partial charge in [-0.25, -0.2) is 0 Å². The summed E-state index contributed by atoms with van der Waals surface area (Å²) in [4.78, 5) is 12.9. The van der Waals surface area contributed by atoms with Crippen LogP contribution in [0, 0.1) is 11.3 Å². The summed E-state index contributed by atoms with van der Waals surface area (Å²) in [5.74, 6) is 0.124. The highest BCUT2D eigenvalue weighted by molar-refractivity contribution is 7.09. The number of allylic oxidation sites excluding steroid dienone is 1. The van der Waals surface area contributed by atoms with Gasteiger partial charge in [0.25, 0.3) is 5.78 Å². The van der Waals surface area contributed by atoms with Gasteiger partial charge in [0.1, 0.15) is 11.8 Å². The second-order valence-electron chi connectivity index (χ2n) is 4.50. The molecule has 0 fully saturated rings. The molecule has 0 N–H and O–H groups in total. The molecule has 20 heavy (non-hydrogen) atoms. The normalized spacial score (nSPS) is 16.1. The smallest absolute Gasteiger partial charge is 0.265 e. The average Bonchev–Trinajstić information content (AvgIpc) is 2.99. The fourth-order valence-corrected chi connectivity index (χ4v) is 3.11. The minimum absolute atomic E-state index is 0.170. The minimum atomic E-state index is -0.563. The van der Waals surface area contributed by atoms with Gasteiger partial charge in [0.2, 0.25) is 0 Å². The number of ketones is 1. The van der Waals surface area contributed by atoms with Crippen LogP contribution in [0.3, 0.4) is 0 Å². The maximum Gasteiger partial charge on any atom is 0.265 e. The number of hydrogen-bond donors (Lipinski definition) is 0. The molecule has 0 amide bonds. The zero-order valence-corrected chi connectivity index (χ0v) is 11.4. The molecule has 0 radical (unpaired) electrons. The third kappa shape index (κ3) is 2.24. The average molecular weight is 281 g/mol. The van der Waals surface area contributed by atoms with Gasteiger partial charge in [0.15, 0.2) is 0 Å². The van der Waals surface area contributed by atoms with Crippen molar-refractivity contribution < 1.29 is 9.53 Å². The van der Waals surface area contributed by atoms with E-state index < -0.39 is 5.78 Å². The van der Waals surface area contributed by atoms with E-state index in [1.165, 1.54) is 4.88 Å². The Kier molecular flexibility index (Phi) is 3.36. The minimum Gasteiger partial charge on any atom is -0.464 e. The fourth-order valence-electron chi connectivity index (χ4n) is 2.35. The molecule has 0 bridgehead atoms. The number of hydrogen-bond acceptors (Lipinski definition) is 4. The number of benzene rings is 1. The molecule has 3 nitrogen and oxygen atoms in total. The Morgan fingerprint density at radius 3 is 3.00 bits per heavy atom. The van der Waals surface area contributed by atoms with Crippen LogP contribution in [0.2, 0.25) is 0 Å². The Labute approximate surface area is 120 Å². The van der Waals surface area contributed by atoms with Crippen molar-refractivity contribution in [3.63, 3.8) is 0 Å². The van der Waals surface area contributed by atoms with E-state index in [1.807, 2.05) is 18.2 Å². The van der Waals surface area contributed by atoms with Gasteiger partial charge in [-0.05, 0) is 30.0 Å². The number of fused-ring (bicyclic) bond motifs is 1. The first kappa shape index (κ1) is 12.6. The summed E-state index contributed by atoms with van der Waals surface area (Å²) in [6.07, 6.45) is 4.46. The molecule has 1 unspecified atom stereocenters. The van der Waals surface area contributed by atoms with E-state index in [-0.39, 0.29) is 5.92 Å². The Balaban J connectivity index is 1.99. The summed E-state index contributed by atoms with van der Waals surface area (Å²) in [7, 11) is 0. The summed E-state index contributed by atoms with van der Waals surface area (Å²) in [6.45, 7) is 0. The molecule has 1 atom stereocenters. The quantitative estimate of drug-likeness (QED) is 0.637. The number of para-hydroxylation sites is 1. The van der Waals surface area contributed by atoms with E-state index >= 15 is 0 Å². The monoisotopic (exact) mass is 281 g/mol. The van der Waals surface area contributed by atoms with Crippen molar-refractivity contribution in [3.05, 3.63) is 64.1 Å². The molecular weight excluding hydrogens is 270 g/mol. The van der Waals surface area contributed by atoms with Crippen molar-refractivity contribution in [2.45, 2.75) is 12.3 Å². The molecule has 2 aromatic rings. The maximum atomic E-state index is 11.6. The van der Waals surface area contributed by atoms with Crippen LogP contribution in [0.4, 0.5) is 0 Å². The predicted octanol–water partition coefficient (Wildman–Crippen LogP) is 3.69. The molecule has 1 aliphatic heterocycles. The number of carbonyl (C=O) groups is 1. The predicted molar refractivity (Wildman–Crippen MR) is 76.9 cm³/mol. The van der Waals surface area contributed by atoms with Crippen molar-refractivity contribution in [2.24, 2.45) is 0 Å². The first-order chi connectivity index (χ1) is 9.79. The molecule has 0 saturated carbocycles. The summed E-state index contributed by atoms with van der Waals surface area (Å²) in [6, 6.07) is 11.2. The van der Waals surface area contributed by atoms with E-state index in [1.54, 1.807) is 35.8 Å². The third-order valence-corrected chi connectivity index (χ3v) is 4.19. The second-order valence-corrected chi connectivity index (χ2v) is 5.53. The number of Topliss-reactive ketones (excluding diaryl/α,β-unsaturated/α-hetero) is 1. The van der Waals surface area contributed by atoms with Gasteiger partial charge in [-0.3, -0.25) is 4.79 Å². The van der Waals surface area contributed by atoms with E-state index in [2.05, 4.69) is 11.4 Å². The van der Waals surface area contributed by atoms with E-state index in [9.17, 15) is 4.79 Å². The topological polar surface area (TPSA) is 50.1 Å². The molecule has 0 saturated heterocycles. The highest BCUT2D eigenvalue weighted by atomic mass is 32.1. The lowest BCUT2D eigenvalue weighted by Crippen LogP contribution is -2.10. The highest BCUT2D eigenvalue weighted by Crippen LogP contribution is 2.37. The van der Waals surface area contributed by atoms with Crippen molar-refractivity contribution in [1.82, 2.24) is 0 Å². The Morgan fingerprint density at radius 1 is 1.35 bits per heavy atom. The molecule has 4 heteroatoms. The van der Waals surface area contributed by atoms with Crippen LogP contribution in [0.5, 0.6) is 5.75 Å². The Morgan fingerprint density at radius 2 is 2.25 bits per heavy atom. The van der Waals surface area contributed by atoms with Crippen LogP contribution >= 0.6 is 11.3 Å². The molecular formula is C16H11NO2S. The van der Waals surface area contributed by atoms with E-state index in [4.69, 9.17) is 10.00 Å². The summed E-state index contributed by atoms with van der Waals surface area (Å²) in [5.41, 5.74) is 1.30. The van der Waals surface area contributed by atoms with Gasteiger partial charge < -0.3 is 4.74 Å². The van der Waals surface area contributed by atoms with Gasteiger partial charge in [-0.2, -0.15) is 5.26 Å². The van der Waals surface area contributed by atoms with Crippen molar-refractivity contribution in [3.8, 4) is 11.8 Å². The van der Waals surface area contributed by atoms with Crippen molar-refractivity contribution in [1.29, 1.82) is 5.26 Å². The number of carbonyl (C=O) groups excluding carboxylic acids is 1. The first-order valence-electron chi connectivity index (χ1n) is 6.22. The SMILES string of the molecule is N#CC(=O)c1cccc2c1OC=CC2Cc1cccs1. The lowest BCUT2D eigenvalue weighted by molar-refractivity contribution is 0.105. The van der Waals surface area contributed by atoms with Gasteiger partial charge in [-0.15, -0.1) is 11.3 Å². The number of nitriles is 1. The zero-order valence-electron chi connectivity index (χ0n) is 10.6. The largest absolute Gasteiger partial charge is 0.464 e. The van der Waals surface area contributed by atoms with Crippen LogP contribution < -0.4 is 4.74 Å². The molecule has 1 aliphatic rings. The van der Waals surface area contributed by atoms with Crippen LogP contribution in [-0.2, 0) is 6.42 Å². The molecule has 2 heterocycles. The zero-order chi connectivity index (χ0) is 13.9. The standard InChI is InChI=1S/C16H11NO2S/c17-10-15(18)14-5-1-4-13-11(6-7-19-16(13)14)9-12-3-2-8-20-12/h1-8,11H,9H2. The van der Waals surface area contributed by atoms with Crippen molar-refractivity contribution >= 4 is 17.1 Å². The second kappa shape index (κ2) is 5.32.